The number of carbonyl (C=O) groups is 2. The van der Waals surface area contributed by atoms with Gasteiger partial charge in [0.1, 0.15) is 41.8 Å². The number of likely N-dealkylation sites (tertiary alicyclic amines) is 2. The molecular weight excluding hydrogens is 931 g/mol. The van der Waals surface area contributed by atoms with Crippen LogP contribution in [-0.2, 0) is 19.1 Å². The van der Waals surface area contributed by atoms with Crippen molar-refractivity contribution in [2.75, 3.05) is 70.5 Å². The maximum Gasteiger partial charge on any atom is 0.254 e. The molecule has 4 aliphatic heterocycles. The molecule has 19 nitrogen and oxygen atoms in total. The zero-order valence-corrected chi connectivity index (χ0v) is 42.0. The number of anilines is 1. The van der Waals surface area contributed by atoms with Gasteiger partial charge in [-0.15, -0.1) is 0 Å². The summed E-state index contributed by atoms with van der Waals surface area (Å²) < 4.78 is 30.5. The summed E-state index contributed by atoms with van der Waals surface area (Å²) in [7, 11) is 0. The smallest absolute Gasteiger partial charge is 0.254 e. The third-order valence-electron chi connectivity index (χ3n) is 15.0. The molecule has 4 saturated heterocycles. The molecule has 1 saturated carbocycles. The molecule has 1 spiro atoms. The van der Waals surface area contributed by atoms with Gasteiger partial charge in [0.15, 0.2) is 5.76 Å². The number of benzene rings is 2. The standard InChI is InChI=1S/C54H69N11O8/c1-34(2)50(53(68)64-18-6-8-44(64)52(67)60-35(3)37-12-10-36(30-55)11-13-37)47-29-49(61-73-47)70-24-23-62-19-15-39(16-20-62)71-40-26-41(27-40)72-48-25-38(14-17-59-48)65-22-21-63(31-54(65)32-69-33-54)45(51(57)58)28-43(56)42-7-4-5-9-46(42)66/h4-5,7,9-14,17,25,28-29,34-35,39-41,44,50,66H,6,8,15-16,18-24,26-27,31-33,56-58H2,1-3H3,(H,60,67)/b43-28-. The summed E-state index contributed by atoms with van der Waals surface area (Å²) in [5.74, 6) is 0.487. The van der Waals surface area contributed by atoms with Gasteiger partial charge in [-0.2, -0.15) is 5.26 Å². The minimum atomic E-state index is -0.619. The molecule has 2 aromatic heterocycles. The largest absolute Gasteiger partial charge is 0.507 e. The van der Waals surface area contributed by atoms with Crippen LogP contribution in [0.3, 0.4) is 0 Å². The number of piperidine rings is 1. The van der Waals surface area contributed by atoms with Crippen molar-refractivity contribution in [2.45, 2.75) is 101 Å². The van der Waals surface area contributed by atoms with Gasteiger partial charge in [0.25, 0.3) is 5.88 Å². The Morgan fingerprint density at radius 2 is 1.71 bits per heavy atom. The van der Waals surface area contributed by atoms with Crippen LogP contribution in [0.15, 0.2) is 95.0 Å². The first-order chi connectivity index (χ1) is 35.3. The van der Waals surface area contributed by atoms with Crippen molar-refractivity contribution in [1.82, 2.24) is 30.2 Å². The van der Waals surface area contributed by atoms with Crippen LogP contribution in [0.2, 0.25) is 0 Å². The molecule has 3 atom stereocenters. The molecule has 19 heteroatoms. The average molecular weight is 1000 g/mol. The highest BCUT2D eigenvalue weighted by molar-refractivity contribution is 5.91. The van der Waals surface area contributed by atoms with E-state index in [4.69, 9.17) is 45.9 Å². The van der Waals surface area contributed by atoms with Gasteiger partial charge in [-0.25, -0.2) is 4.98 Å². The Morgan fingerprint density at radius 1 is 0.945 bits per heavy atom. The molecule has 4 aromatic rings. The molecule has 2 aromatic carbocycles. The van der Waals surface area contributed by atoms with E-state index in [1.165, 1.54) is 0 Å². The zero-order valence-electron chi connectivity index (χ0n) is 42.0. The minimum Gasteiger partial charge on any atom is -0.507 e. The Balaban J connectivity index is 0.690. The Kier molecular flexibility index (Phi) is 15.6. The van der Waals surface area contributed by atoms with Gasteiger partial charge < -0.3 is 65.8 Å². The second kappa shape index (κ2) is 22.4. The highest BCUT2D eigenvalue weighted by Crippen LogP contribution is 2.38. The van der Waals surface area contributed by atoms with Crippen LogP contribution in [0.1, 0.15) is 93.7 Å². The van der Waals surface area contributed by atoms with Crippen LogP contribution in [0.25, 0.3) is 5.70 Å². The second-order valence-corrected chi connectivity index (χ2v) is 20.4. The normalized spacial score (nSPS) is 22.0. The van der Waals surface area contributed by atoms with Crippen LogP contribution < -0.4 is 36.9 Å². The van der Waals surface area contributed by atoms with E-state index in [0.29, 0.717) is 92.5 Å². The molecule has 388 valence electrons. The lowest BCUT2D eigenvalue weighted by molar-refractivity contribution is -0.141. The zero-order chi connectivity index (χ0) is 51.2. The predicted molar refractivity (Wildman–Crippen MR) is 272 cm³/mol. The van der Waals surface area contributed by atoms with E-state index in [2.05, 4.69) is 36.2 Å². The number of pyridine rings is 1. The maximum absolute atomic E-state index is 14.1. The van der Waals surface area contributed by atoms with Crippen LogP contribution >= 0.6 is 0 Å². The fraction of sp³-hybridized carbons (Fsp3) is 0.500. The molecule has 73 heavy (non-hydrogen) atoms. The first kappa shape index (κ1) is 50.9. The highest BCUT2D eigenvalue weighted by Gasteiger charge is 2.49. The fourth-order valence-electron chi connectivity index (χ4n) is 10.8. The monoisotopic (exact) mass is 1000 g/mol. The Bertz CT molecular complexity index is 2660. The summed E-state index contributed by atoms with van der Waals surface area (Å²) in [6.45, 7) is 12.2. The fourth-order valence-corrected chi connectivity index (χ4v) is 10.8. The number of nitrogens with zero attached hydrogens (tertiary/aromatic N) is 7. The molecule has 3 unspecified atom stereocenters. The highest BCUT2D eigenvalue weighted by atomic mass is 16.5. The summed E-state index contributed by atoms with van der Waals surface area (Å²) in [5.41, 5.74) is 22.5. The number of nitrogens with one attached hydrogen (secondary N) is 1. The van der Waals surface area contributed by atoms with E-state index in [1.54, 1.807) is 53.6 Å². The molecule has 0 bridgehead atoms. The van der Waals surface area contributed by atoms with E-state index >= 15 is 0 Å². The maximum atomic E-state index is 14.1. The van der Waals surface area contributed by atoms with E-state index in [0.717, 1.165) is 63.0 Å². The number of nitrogens with two attached hydrogens (primary N) is 3. The number of piperazine rings is 1. The lowest BCUT2D eigenvalue weighted by Gasteiger charge is -2.56. The third kappa shape index (κ3) is 11.6. The number of carbonyl (C=O) groups excluding carboxylic acids is 2. The van der Waals surface area contributed by atoms with Gasteiger partial charge in [-0.05, 0) is 85.7 Å². The molecule has 1 aliphatic carbocycles. The summed E-state index contributed by atoms with van der Waals surface area (Å²) in [6.07, 6.45) is 8.64. The Morgan fingerprint density at radius 3 is 2.41 bits per heavy atom. The van der Waals surface area contributed by atoms with Crippen molar-refractivity contribution in [3.8, 4) is 23.6 Å². The number of nitriles is 1. The number of allylic oxidation sites excluding steroid dienone is 1. The Hall–Kier alpha value is -7.01. The van der Waals surface area contributed by atoms with Gasteiger partial charge in [0.05, 0.1) is 48.8 Å². The summed E-state index contributed by atoms with van der Waals surface area (Å²) in [5, 5.41) is 26.7. The number of rotatable bonds is 18. The molecular formula is C54H69N11O8. The van der Waals surface area contributed by atoms with Crippen LogP contribution in [0.5, 0.6) is 17.5 Å². The number of aromatic hydroxyl groups is 1. The summed E-state index contributed by atoms with van der Waals surface area (Å²) in [6, 6.07) is 21.0. The van der Waals surface area contributed by atoms with Gasteiger partial charge in [0, 0.05) is 93.9 Å². The van der Waals surface area contributed by atoms with Crippen molar-refractivity contribution in [2.24, 2.45) is 23.1 Å². The quantitative estimate of drug-likeness (QED) is 0.0847. The number of hydrogen-bond acceptors (Lipinski definition) is 17. The molecule has 0 radical (unpaired) electrons. The number of phenolic OH excluding ortho intramolecular Hbond substituents is 1. The molecule has 5 fully saturated rings. The lowest BCUT2D eigenvalue weighted by atomic mass is 9.90. The van der Waals surface area contributed by atoms with Gasteiger partial charge in [-0.3, -0.25) is 14.5 Å². The number of amides is 2. The van der Waals surface area contributed by atoms with E-state index in [1.807, 2.05) is 51.1 Å². The van der Waals surface area contributed by atoms with E-state index < -0.39 is 12.0 Å². The van der Waals surface area contributed by atoms with Crippen molar-refractivity contribution in [1.29, 1.82) is 5.26 Å². The van der Waals surface area contributed by atoms with Gasteiger partial charge in [0.2, 0.25) is 17.7 Å². The average Bonchev–Trinajstić information content (AvgIpc) is 4.06. The first-order valence-corrected chi connectivity index (χ1v) is 25.6. The number of hydrogen-bond donors (Lipinski definition) is 5. The second-order valence-electron chi connectivity index (χ2n) is 20.4. The lowest BCUT2D eigenvalue weighted by Crippen LogP contribution is -2.71. The number of aromatic nitrogens is 2. The molecule has 8 N–H and O–H groups in total. The van der Waals surface area contributed by atoms with Crippen molar-refractivity contribution >= 4 is 23.2 Å². The number of para-hydroxylation sites is 1. The first-order valence-electron chi connectivity index (χ1n) is 25.6. The molecule has 5 aliphatic rings. The van der Waals surface area contributed by atoms with Gasteiger partial charge in [-0.1, -0.05) is 38.1 Å². The molecule has 6 heterocycles. The van der Waals surface area contributed by atoms with E-state index in [-0.39, 0.29) is 59.2 Å². The van der Waals surface area contributed by atoms with Crippen LogP contribution in [-0.4, -0.2) is 137 Å². The minimum absolute atomic E-state index is 0.0230. The predicted octanol–water partition coefficient (Wildman–Crippen LogP) is 4.70. The van der Waals surface area contributed by atoms with Crippen LogP contribution in [0.4, 0.5) is 5.69 Å². The third-order valence-corrected chi connectivity index (χ3v) is 15.0. The number of phenols is 1. The number of ether oxygens (including phenoxy) is 4. The summed E-state index contributed by atoms with van der Waals surface area (Å²) >= 11 is 0. The van der Waals surface area contributed by atoms with E-state index in [9.17, 15) is 14.7 Å². The molecule has 9 rings (SSSR count). The molecule has 2 amide bonds. The van der Waals surface area contributed by atoms with Crippen LogP contribution in [0, 0.1) is 17.2 Å². The summed E-state index contributed by atoms with van der Waals surface area (Å²) in [4.78, 5) is 40.7. The van der Waals surface area contributed by atoms with Gasteiger partial charge >= 0.3 is 0 Å². The van der Waals surface area contributed by atoms with Crippen molar-refractivity contribution in [3.05, 3.63) is 113 Å². The van der Waals surface area contributed by atoms with Crippen molar-refractivity contribution in [3.63, 3.8) is 0 Å². The topological polar surface area (TPSA) is 257 Å². The van der Waals surface area contributed by atoms with Crippen molar-refractivity contribution < 1.29 is 38.2 Å². The Labute approximate surface area is 426 Å². The SMILES string of the molecule is CC(NC(=O)C1CCCN1C(=O)C(c1cc(OCCN2CCC(OC3CC(Oc4cc(N5CCN(C(/C=C(\N)c6ccccc6O)=C(N)N)CC56COC6)ccn4)C3)CC2)no1)C(C)C)c1ccc(C#N)cc1.